The Hall–Kier alpha value is -1.87. The van der Waals surface area contributed by atoms with Gasteiger partial charge in [0.25, 0.3) is 5.91 Å². The van der Waals surface area contributed by atoms with Crippen LogP contribution in [0.2, 0.25) is 0 Å². The summed E-state index contributed by atoms with van der Waals surface area (Å²) in [4.78, 5) is 25.4. The number of hydrogen-bond acceptors (Lipinski definition) is 4. The quantitative estimate of drug-likeness (QED) is 0.784. The fraction of sp³-hybridized carbons (Fsp3) is 0.600. The van der Waals surface area contributed by atoms with Crippen LogP contribution in [0.1, 0.15) is 43.6 Å². The van der Waals surface area contributed by atoms with Gasteiger partial charge in [-0.25, -0.2) is 8.42 Å². The number of aryl methyl sites for hydroxylation is 1. The van der Waals surface area contributed by atoms with Gasteiger partial charge in [0.05, 0.1) is 6.04 Å². The lowest BCUT2D eigenvalue weighted by Crippen LogP contribution is -2.51. The molecular formula is C15H24N4O4S. The SMILES string of the molecule is CC(NS(=O)(=O)c1cc(C(N)=O)n(C)c1)C(=O)N1CCCCC1C. The molecule has 1 aliphatic heterocycles. The van der Waals surface area contributed by atoms with Gasteiger partial charge in [-0.15, -0.1) is 0 Å². The third-order valence-corrected chi connectivity index (χ3v) is 5.84. The minimum atomic E-state index is -3.92. The summed E-state index contributed by atoms with van der Waals surface area (Å²) in [5.41, 5.74) is 5.28. The summed E-state index contributed by atoms with van der Waals surface area (Å²) in [5.74, 6) is -0.956. The van der Waals surface area contributed by atoms with Crippen LogP contribution >= 0.6 is 0 Å². The molecule has 2 atom stereocenters. The van der Waals surface area contributed by atoms with Gasteiger partial charge in [-0.05, 0) is 39.2 Å². The third kappa shape index (κ3) is 3.78. The molecule has 0 aliphatic carbocycles. The molecule has 0 spiro atoms. The summed E-state index contributed by atoms with van der Waals surface area (Å²) in [6.45, 7) is 4.14. The molecule has 1 aromatic heterocycles. The normalized spacial score (nSPS) is 20.0. The van der Waals surface area contributed by atoms with Crippen molar-refractivity contribution in [1.29, 1.82) is 0 Å². The van der Waals surface area contributed by atoms with Gasteiger partial charge in [0.1, 0.15) is 10.6 Å². The Labute approximate surface area is 142 Å². The Morgan fingerprint density at radius 2 is 2.04 bits per heavy atom. The van der Waals surface area contributed by atoms with Crippen LogP contribution in [-0.4, -0.2) is 48.3 Å². The Balaban J connectivity index is 2.14. The van der Waals surface area contributed by atoms with Gasteiger partial charge in [0.2, 0.25) is 15.9 Å². The number of carbonyl (C=O) groups excluding carboxylic acids is 2. The standard InChI is InChI=1S/C15H24N4O4S/c1-10-6-4-5-7-19(10)15(21)11(2)17-24(22,23)12-8-13(14(16)20)18(3)9-12/h8-11,17H,4-7H2,1-3H3,(H2,16,20). The number of primary amides is 1. The van der Waals surface area contributed by atoms with Gasteiger partial charge in [-0.1, -0.05) is 0 Å². The second kappa shape index (κ2) is 6.94. The first-order valence-electron chi connectivity index (χ1n) is 7.92. The second-order valence-electron chi connectivity index (χ2n) is 6.26. The number of nitrogens with zero attached hydrogens (tertiary/aromatic N) is 2. The van der Waals surface area contributed by atoms with Crippen LogP contribution in [0, 0.1) is 0 Å². The van der Waals surface area contributed by atoms with Crippen molar-refractivity contribution in [1.82, 2.24) is 14.2 Å². The van der Waals surface area contributed by atoms with Crippen molar-refractivity contribution in [3.8, 4) is 0 Å². The molecule has 1 aromatic rings. The lowest BCUT2D eigenvalue weighted by Gasteiger charge is -2.35. The van der Waals surface area contributed by atoms with Crippen molar-refractivity contribution in [3.63, 3.8) is 0 Å². The highest BCUT2D eigenvalue weighted by molar-refractivity contribution is 7.89. The maximum absolute atomic E-state index is 12.5. The highest BCUT2D eigenvalue weighted by Gasteiger charge is 2.30. The molecule has 134 valence electrons. The zero-order chi connectivity index (χ0) is 18.1. The number of amides is 2. The summed E-state index contributed by atoms with van der Waals surface area (Å²) in [7, 11) is -2.39. The molecule has 8 nitrogen and oxygen atoms in total. The lowest BCUT2D eigenvalue weighted by molar-refractivity contribution is -0.135. The highest BCUT2D eigenvalue weighted by atomic mass is 32.2. The number of nitrogens with one attached hydrogen (secondary N) is 1. The maximum atomic E-state index is 12.5. The molecule has 24 heavy (non-hydrogen) atoms. The van der Waals surface area contributed by atoms with Crippen LogP contribution in [0.5, 0.6) is 0 Å². The van der Waals surface area contributed by atoms with Crippen LogP contribution < -0.4 is 10.5 Å². The van der Waals surface area contributed by atoms with Crippen LogP contribution in [0.4, 0.5) is 0 Å². The Bertz CT molecular complexity index is 741. The van der Waals surface area contributed by atoms with E-state index in [-0.39, 0.29) is 22.5 Å². The minimum Gasteiger partial charge on any atom is -0.364 e. The van der Waals surface area contributed by atoms with Gasteiger partial charge in [-0.3, -0.25) is 9.59 Å². The van der Waals surface area contributed by atoms with E-state index in [1.165, 1.54) is 30.8 Å². The molecule has 0 saturated carbocycles. The number of piperidine rings is 1. The zero-order valence-electron chi connectivity index (χ0n) is 14.2. The van der Waals surface area contributed by atoms with Crippen molar-refractivity contribution in [2.24, 2.45) is 12.8 Å². The predicted molar refractivity (Wildman–Crippen MR) is 88.7 cm³/mol. The van der Waals surface area contributed by atoms with Crippen molar-refractivity contribution >= 4 is 21.8 Å². The smallest absolute Gasteiger partial charge is 0.265 e. The molecule has 0 bridgehead atoms. The molecule has 2 unspecified atom stereocenters. The first kappa shape index (κ1) is 18.5. The number of nitrogens with two attached hydrogens (primary N) is 1. The van der Waals surface area contributed by atoms with Gasteiger partial charge < -0.3 is 15.2 Å². The molecule has 1 fully saturated rings. The predicted octanol–water partition coefficient (Wildman–Crippen LogP) is 0.192. The maximum Gasteiger partial charge on any atom is 0.265 e. The molecule has 9 heteroatoms. The first-order valence-corrected chi connectivity index (χ1v) is 9.41. The number of carbonyl (C=O) groups is 2. The van der Waals surface area contributed by atoms with E-state index in [4.69, 9.17) is 5.73 Å². The van der Waals surface area contributed by atoms with Crippen LogP contribution in [-0.2, 0) is 21.9 Å². The molecule has 2 rings (SSSR count). The van der Waals surface area contributed by atoms with E-state index in [9.17, 15) is 18.0 Å². The second-order valence-corrected chi connectivity index (χ2v) is 7.97. The molecule has 0 radical (unpaired) electrons. The average Bonchev–Trinajstić information content (AvgIpc) is 2.89. The number of aromatic nitrogens is 1. The van der Waals surface area contributed by atoms with E-state index < -0.39 is 22.0 Å². The largest absolute Gasteiger partial charge is 0.364 e. The van der Waals surface area contributed by atoms with Crippen molar-refractivity contribution in [2.75, 3.05) is 6.54 Å². The highest BCUT2D eigenvalue weighted by Crippen LogP contribution is 2.18. The zero-order valence-corrected chi connectivity index (χ0v) is 15.0. The molecule has 0 aromatic carbocycles. The van der Waals surface area contributed by atoms with E-state index in [1.54, 1.807) is 4.90 Å². The van der Waals surface area contributed by atoms with E-state index >= 15 is 0 Å². The van der Waals surface area contributed by atoms with Crippen LogP contribution in [0.3, 0.4) is 0 Å². The Kier molecular flexibility index (Phi) is 5.34. The van der Waals surface area contributed by atoms with E-state index in [2.05, 4.69) is 4.72 Å². The van der Waals surface area contributed by atoms with Crippen molar-refractivity contribution < 1.29 is 18.0 Å². The summed E-state index contributed by atoms with van der Waals surface area (Å²) >= 11 is 0. The van der Waals surface area contributed by atoms with E-state index in [0.717, 1.165) is 19.3 Å². The van der Waals surface area contributed by atoms with Crippen LogP contribution in [0.25, 0.3) is 0 Å². The van der Waals surface area contributed by atoms with Gasteiger partial charge in [0.15, 0.2) is 0 Å². The summed E-state index contributed by atoms with van der Waals surface area (Å²) in [6.07, 6.45) is 4.22. The summed E-state index contributed by atoms with van der Waals surface area (Å²) in [6, 6.07) is 0.426. The Morgan fingerprint density at radius 1 is 1.38 bits per heavy atom. The first-order chi connectivity index (χ1) is 11.1. The lowest BCUT2D eigenvalue weighted by atomic mass is 10.0. The van der Waals surface area contributed by atoms with Crippen LogP contribution in [0.15, 0.2) is 17.2 Å². The molecule has 2 heterocycles. The Morgan fingerprint density at radius 3 is 2.58 bits per heavy atom. The van der Waals surface area contributed by atoms with Gasteiger partial charge in [-0.2, -0.15) is 4.72 Å². The van der Waals surface area contributed by atoms with E-state index in [0.29, 0.717) is 6.54 Å². The molecule has 3 N–H and O–H groups in total. The molecular weight excluding hydrogens is 332 g/mol. The fourth-order valence-corrected chi connectivity index (χ4v) is 4.22. The van der Waals surface area contributed by atoms with Crippen molar-refractivity contribution in [2.45, 2.75) is 50.1 Å². The molecule has 1 saturated heterocycles. The third-order valence-electron chi connectivity index (χ3n) is 4.33. The minimum absolute atomic E-state index is 0.0824. The number of rotatable bonds is 5. The van der Waals surface area contributed by atoms with E-state index in [1.807, 2.05) is 6.92 Å². The number of sulfonamides is 1. The summed E-state index contributed by atoms with van der Waals surface area (Å²) in [5, 5.41) is 0. The fourth-order valence-electron chi connectivity index (χ4n) is 2.95. The van der Waals surface area contributed by atoms with Crippen molar-refractivity contribution in [3.05, 3.63) is 18.0 Å². The van der Waals surface area contributed by atoms with Gasteiger partial charge >= 0.3 is 0 Å². The number of likely N-dealkylation sites (tertiary alicyclic amines) is 1. The number of hydrogen-bond donors (Lipinski definition) is 2. The topological polar surface area (TPSA) is 114 Å². The summed E-state index contributed by atoms with van der Waals surface area (Å²) < 4.78 is 28.6. The average molecular weight is 356 g/mol. The monoisotopic (exact) mass is 356 g/mol. The van der Waals surface area contributed by atoms with Gasteiger partial charge in [0, 0.05) is 25.8 Å². The molecule has 2 amide bonds. The molecule has 1 aliphatic rings.